The molecule has 0 heterocycles. The van der Waals surface area contributed by atoms with Crippen molar-refractivity contribution in [2.24, 2.45) is 5.92 Å². The molecule has 0 aromatic heterocycles. The highest BCUT2D eigenvalue weighted by atomic mass is 35.5. The van der Waals surface area contributed by atoms with Crippen LogP contribution in [0.1, 0.15) is 33.1 Å². The average molecular weight is 176 g/mol. The van der Waals surface area contributed by atoms with E-state index in [9.17, 15) is 0 Å². The highest BCUT2D eigenvalue weighted by Crippen LogP contribution is 2.36. The first-order valence-corrected chi connectivity index (χ1v) is 5.03. The van der Waals surface area contributed by atoms with E-state index in [1.165, 1.54) is 19.3 Å². The summed E-state index contributed by atoms with van der Waals surface area (Å²) in [6, 6.07) is 0. The third-order valence-corrected chi connectivity index (χ3v) is 2.84. The summed E-state index contributed by atoms with van der Waals surface area (Å²) in [6.07, 6.45) is 3.81. The highest BCUT2D eigenvalue weighted by molar-refractivity contribution is 6.18. The van der Waals surface area contributed by atoms with Gasteiger partial charge in [0.25, 0.3) is 0 Å². The van der Waals surface area contributed by atoms with E-state index >= 15 is 0 Å². The Balaban J connectivity index is 2.03. The largest absolute Gasteiger partial charge is 0.310 e. The monoisotopic (exact) mass is 175 g/mol. The molecule has 0 aromatic carbocycles. The second-order valence-electron chi connectivity index (χ2n) is 4.02. The molecule has 11 heavy (non-hydrogen) atoms. The van der Waals surface area contributed by atoms with Crippen LogP contribution in [0.15, 0.2) is 0 Å². The second-order valence-corrected chi connectivity index (χ2v) is 4.29. The van der Waals surface area contributed by atoms with Crippen molar-refractivity contribution >= 4 is 11.6 Å². The van der Waals surface area contributed by atoms with Gasteiger partial charge in [-0.1, -0.05) is 13.8 Å². The lowest BCUT2D eigenvalue weighted by molar-refractivity contribution is 0.481. The van der Waals surface area contributed by atoms with Gasteiger partial charge in [-0.2, -0.15) is 0 Å². The maximum absolute atomic E-state index is 5.81. The number of halogens is 1. The Kier molecular flexibility index (Phi) is 3.20. The second kappa shape index (κ2) is 3.77. The van der Waals surface area contributed by atoms with Crippen molar-refractivity contribution < 1.29 is 0 Å². The fourth-order valence-corrected chi connectivity index (χ4v) is 1.50. The van der Waals surface area contributed by atoms with E-state index in [1.807, 2.05) is 0 Å². The molecular weight excluding hydrogens is 158 g/mol. The van der Waals surface area contributed by atoms with Crippen LogP contribution in [0.5, 0.6) is 0 Å². The Bertz CT molecular complexity index is 119. The molecule has 1 N–H and O–H groups in total. The Hall–Kier alpha value is 0.250. The van der Waals surface area contributed by atoms with Gasteiger partial charge < -0.3 is 5.32 Å². The molecule has 0 aliphatic heterocycles. The molecule has 1 fully saturated rings. The molecular formula is C9H18ClN. The molecule has 0 atom stereocenters. The van der Waals surface area contributed by atoms with E-state index in [2.05, 4.69) is 19.2 Å². The van der Waals surface area contributed by atoms with Crippen LogP contribution in [0.25, 0.3) is 0 Å². The molecule has 1 rings (SSSR count). The van der Waals surface area contributed by atoms with Crippen LogP contribution in [0.4, 0.5) is 0 Å². The molecule has 0 unspecified atom stereocenters. The van der Waals surface area contributed by atoms with Gasteiger partial charge >= 0.3 is 0 Å². The number of nitrogens with one attached hydrogen (secondary N) is 1. The van der Waals surface area contributed by atoms with Crippen molar-refractivity contribution in [1.29, 1.82) is 0 Å². The van der Waals surface area contributed by atoms with Crippen LogP contribution in [-0.2, 0) is 0 Å². The lowest BCUT2D eigenvalue weighted by Crippen LogP contribution is -2.34. The van der Waals surface area contributed by atoms with E-state index < -0.39 is 0 Å². The van der Waals surface area contributed by atoms with Gasteiger partial charge in [-0.05, 0) is 31.7 Å². The molecule has 2 heteroatoms. The summed E-state index contributed by atoms with van der Waals surface area (Å²) in [4.78, 5) is 0. The predicted molar refractivity (Wildman–Crippen MR) is 50.1 cm³/mol. The van der Waals surface area contributed by atoms with Gasteiger partial charge in [-0.25, -0.2) is 0 Å². The van der Waals surface area contributed by atoms with Gasteiger partial charge in [0.05, 0.1) is 0 Å². The van der Waals surface area contributed by atoms with Gasteiger partial charge in [0.2, 0.25) is 0 Å². The molecule has 66 valence electrons. The van der Waals surface area contributed by atoms with Crippen molar-refractivity contribution in [2.45, 2.75) is 38.6 Å². The molecule has 1 aliphatic rings. The fraction of sp³-hybridized carbons (Fsp3) is 1.00. The van der Waals surface area contributed by atoms with Gasteiger partial charge in [0, 0.05) is 11.4 Å². The molecule has 1 aliphatic carbocycles. The normalized spacial score (nSPS) is 20.7. The molecule has 1 nitrogen and oxygen atoms in total. The highest BCUT2D eigenvalue weighted by Gasteiger charge is 2.40. The first-order valence-electron chi connectivity index (χ1n) is 4.49. The van der Waals surface area contributed by atoms with Crippen LogP contribution in [-0.4, -0.2) is 18.0 Å². The molecule has 0 spiro atoms. The van der Waals surface area contributed by atoms with E-state index in [-0.39, 0.29) is 0 Å². The zero-order valence-electron chi connectivity index (χ0n) is 7.49. The summed E-state index contributed by atoms with van der Waals surface area (Å²) in [5.74, 6) is 1.58. The SMILES string of the molecule is CC(C)CCNC1(CCl)CC1. The Morgan fingerprint density at radius 1 is 1.45 bits per heavy atom. The Labute approximate surface area is 74.5 Å². The summed E-state index contributed by atoms with van der Waals surface area (Å²) in [5, 5.41) is 3.52. The lowest BCUT2D eigenvalue weighted by atomic mass is 10.1. The first kappa shape index (κ1) is 9.34. The summed E-state index contributed by atoms with van der Waals surface area (Å²) < 4.78 is 0. The smallest absolute Gasteiger partial charge is 0.0406 e. The Morgan fingerprint density at radius 2 is 2.09 bits per heavy atom. The number of alkyl halides is 1. The van der Waals surface area contributed by atoms with Crippen LogP contribution >= 0.6 is 11.6 Å². The maximum Gasteiger partial charge on any atom is 0.0406 e. The molecule has 0 aromatic rings. The van der Waals surface area contributed by atoms with Crippen LogP contribution in [0.3, 0.4) is 0 Å². The minimum atomic E-state index is 0.344. The molecule has 0 amide bonds. The van der Waals surface area contributed by atoms with Crippen LogP contribution < -0.4 is 5.32 Å². The number of hydrogen-bond acceptors (Lipinski definition) is 1. The van der Waals surface area contributed by atoms with Gasteiger partial charge in [0.15, 0.2) is 0 Å². The van der Waals surface area contributed by atoms with Crippen LogP contribution in [0.2, 0.25) is 0 Å². The zero-order valence-corrected chi connectivity index (χ0v) is 8.25. The quantitative estimate of drug-likeness (QED) is 0.633. The van der Waals surface area contributed by atoms with E-state index in [0.29, 0.717) is 5.54 Å². The number of rotatable bonds is 5. The van der Waals surface area contributed by atoms with E-state index in [1.54, 1.807) is 0 Å². The molecule has 0 saturated heterocycles. The minimum absolute atomic E-state index is 0.344. The summed E-state index contributed by atoms with van der Waals surface area (Å²) in [5.41, 5.74) is 0.344. The minimum Gasteiger partial charge on any atom is -0.310 e. The topological polar surface area (TPSA) is 12.0 Å². The van der Waals surface area contributed by atoms with Gasteiger partial charge in [-0.15, -0.1) is 11.6 Å². The zero-order chi connectivity index (χ0) is 8.32. The fourth-order valence-electron chi connectivity index (χ4n) is 1.13. The maximum atomic E-state index is 5.81. The van der Waals surface area contributed by atoms with Gasteiger partial charge in [0.1, 0.15) is 0 Å². The molecule has 1 saturated carbocycles. The third kappa shape index (κ3) is 3.00. The predicted octanol–water partition coefficient (Wildman–Crippen LogP) is 2.39. The lowest BCUT2D eigenvalue weighted by Gasteiger charge is -2.14. The standard InChI is InChI=1S/C9H18ClN/c1-8(2)3-6-11-9(7-10)4-5-9/h8,11H,3-7H2,1-2H3. The van der Waals surface area contributed by atoms with Crippen molar-refractivity contribution in [3.8, 4) is 0 Å². The van der Waals surface area contributed by atoms with E-state index in [4.69, 9.17) is 11.6 Å². The summed E-state index contributed by atoms with van der Waals surface area (Å²) >= 11 is 5.81. The van der Waals surface area contributed by atoms with Crippen LogP contribution in [0, 0.1) is 5.92 Å². The van der Waals surface area contributed by atoms with Crippen molar-refractivity contribution in [3.05, 3.63) is 0 Å². The van der Waals surface area contributed by atoms with Gasteiger partial charge in [-0.3, -0.25) is 0 Å². The third-order valence-electron chi connectivity index (χ3n) is 2.33. The average Bonchev–Trinajstić information content (AvgIpc) is 2.69. The van der Waals surface area contributed by atoms with Crippen molar-refractivity contribution in [2.75, 3.05) is 12.4 Å². The molecule has 0 radical (unpaired) electrons. The van der Waals surface area contributed by atoms with E-state index in [0.717, 1.165) is 18.3 Å². The summed E-state index contributed by atoms with van der Waals surface area (Å²) in [7, 11) is 0. The summed E-state index contributed by atoms with van der Waals surface area (Å²) in [6.45, 7) is 5.63. The van der Waals surface area contributed by atoms with Crippen molar-refractivity contribution in [3.63, 3.8) is 0 Å². The Morgan fingerprint density at radius 3 is 2.45 bits per heavy atom. The molecule has 0 bridgehead atoms. The first-order chi connectivity index (χ1) is 5.18. The number of hydrogen-bond donors (Lipinski definition) is 1. The van der Waals surface area contributed by atoms with Crippen molar-refractivity contribution in [1.82, 2.24) is 5.32 Å².